The molecule has 0 saturated carbocycles. The minimum Gasteiger partial charge on any atom is -0.394 e. The summed E-state index contributed by atoms with van der Waals surface area (Å²) in [6.45, 7) is 5.42. The number of rotatable bonds is 8. The summed E-state index contributed by atoms with van der Waals surface area (Å²) in [5.41, 5.74) is -0.0701. The maximum atomic E-state index is 9.12. The second-order valence-electron chi connectivity index (χ2n) is 3.70. The molecule has 0 aromatic carbocycles. The fourth-order valence-corrected chi connectivity index (χ4v) is 1.55. The summed E-state index contributed by atoms with van der Waals surface area (Å²) in [5.74, 6) is 1.24. The van der Waals surface area contributed by atoms with Crippen LogP contribution in [0.15, 0.2) is 0 Å². The van der Waals surface area contributed by atoms with Gasteiger partial charge >= 0.3 is 0 Å². The van der Waals surface area contributed by atoms with Crippen molar-refractivity contribution in [3.05, 3.63) is 0 Å². The number of aliphatic hydroxyl groups is 1. The molecule has 0 rings (SSSR count). The van der Waals surface area contributed by atoms with E-state index in [-0.39, 0.29) is 12.1 Å². The van der Waals surface area contributed by atoms with E-state index in [0.29, 0.717) is 0 Å². The summed E-state index contributed by atoms with van der Waals surface area (Å²) < 4.78 is 0. The van der Waals surface area contributed by atoms with E-state index in [1.54, 1.807) is 0 Å². The van der Waals surface area contributed by atoms with E-state index in [1.165, 1.54) is 18.6 Å². The fraction of sp³-hybridized carbons (Fsp3) is 1.00. The number of thioether (sulfide) groups is 1. The molecule has 0 saturated heterocycles. The Hall–Kier alpha value is 0.270. The Morgan fingerprint density at radius 2 is 2.08 bits per heavy atom. The molecule has 0 amide bonds. The maximum Gasteiger partial charge on any atom is 0.0610 e. The van der Waals surface area contributed by atoms with Crippen LogP contribution in [0.5, 0.6) is 0 Å². The molecule has 2 nitrogen and oxygen atoms in total. The second kappa shape index (κ2) is 7.65. The SMILES string of the molecule is CCC(C)(CO)NCCCCSC. The first kappa shape index (κ1) is 13.3. The molecule has 0 bridgehead atoms. The van der Waals surface area contributed by atoms with E-state index in [2.05, 4.69) is 25.4 Å². The minimum absolute atomic E-state index is 0.0701. The average molecular weight is 205 g/mol. The van der Waals surface area contributed by atoms with E-state index < -0.39 is 0 Å². The van der Waals surface area contributed by atoms with E-state index >= 15 is 0 Å². The molecule has 0 aromatic rings. The van der Waals surface area contributed by atoms with Crippen LogP contribution in [0, 0.1) is 0 Å². The van der Waals surface area contributed by atoms with Crippen LogP contribution in [-0.4, -0.2) is 35.8 Å². The summed E-state index contributed by atoms with van der Waals surface area (Å²) in [5, 5.41) is 12.5. The third-order valence-electron chi connectivity index (χ3n) is 2.46. The van der Waals surface area contributed by atoms with Crippen LogP contribution in [0.4, 0.5) is 0 Å². The lowest BCUT2D eigenvalue weighted by atomic mass is 10.0. The van der Waals surface area contributed by atoms with Crippen LogP contribution in [0.3, 0.4) is 0 Å². The highest BCUT2D eigenvalue weighted by Crippen LogP contribution is 2.07. The summed E-state index contributed by atoms with van der Waals surface area (Å²) >= 11 is 1.89. The van der Waals surface area contributed by atoms with E-state index in [1.807, 2.05) is 11.8 Å². The second-order valence-corrected chi connectivity index (χ2v) is 4.68. The van der Waals surface area contributed by atoms with Crippen LogP contribution in [0.25, 0.3) is 0 Å². The van der Waals surface area contributed by atoms with Crippen molar-refractivity contribution in [2.24, 2.45) is 0 Å². The highest BCUT2D eigenvalue weighted by atomic mass is 32.2. The smallest absolute Gasteiger partial charge is 0.0610 e. The number of aliphatic hydroxyl groups excluding tert-OH is 1. The van der Waals surface area contributed by atoms with Crippen molar-refractivity contribution in [1.82, 2.24) is 5.32 Å². The predicted molar refractivity (Wildman–Crippen MR) is 61.4 cm³/mol. The third kappa shape index (κ3) is 6.36. The lowest BCUT2D eigenvalue weighted by molar-refractivity contribution is 0.170. The monoisotopic (exact) mass is 205 g/mol. The van der Waals surface area contributed by atoms with E-state index in [4.69, 9.17) is 5.11 Å². The normalized spacial score (nSPS) is 15.7. The highest BCUT2D eigenvalue weighted by Gasteiger charge is 2.18. The van der Waals surface area contributed by atoms with Gasteiger partial charge < -0.3 is 10.4 Å². The van der Waals surface area contributed by atoms with Gasteiger partial charge in [-0.1, -0.05) is 6.92 Å². The van der Waals surface area contributed by atoms with Gasteiger partial charge in [0.25, 0.3) is 0 Å². The van der Waals surface area contributed by atoms with E-state index in [9.17, 15) is 0 Å². The van der Waals surface area contributed by atoms with Gasteiger partial charge in [-0.15, -0.1) is 0 Å². The molecule has 1 atom stereocenters. The Morgan fingerprint density at radius 1 is 1.38 bits per heavy atom. The summed E-state index contributed by atoms with van der Waals surface area (Å²) in [6, 6.07) is 0. The quantitative estimate of drug-likeness (QED) is 0.593. The van der Waals surface area contributed by atoms with E-state index in [0.717, 1.165) is 13.0 Å². The number of unbranched alkanes of at least 4 members (excludes halogenated alkanes) is 1. The van der Waals surface area contributed by atoms with Gasteiger partial charge in [0, 0.05) is 5.54 Å². The number of nitrogens with one attached hydrogen (secondary N) is 1. The third-order valence-corrected chi connectivity index (χ3v) is 3.15. The molecule has 80 valence electrons. The van der Waals surface area contributed by atoms with Crippen molar-refractivity contribution in [2.75, 3.05) is 25.2 Å². The summed E-state index contributed by atoms with van der Waals surface area (Å²) in [4.78, 5) is 0. The molecule has 0 aliphatic heterocycles. The zero-order chi connectivity index (χ0) is 10.2. The Morgan fingerprint density at radius 3 is 2.54 bits per heavy atom. The van der Waals surface area contributed by atoms with Crippen molar-refractivity contribution in [2.45, 2.75) is 38.6 Å². The number of hydrogen-bond acceptors (Lipinski definition) is 3. The zero-order valence-electron chi connectivity index (χ0n) is 9.10. The molecule has 1 unspecified atom stereocenters. The lowest BCUT2D eigenvalue weighted by Gasteiger charge is -2.27. The molecule has 2 N–H and O–H groups in total. The predicted octanol–water partition coefficient (Wildman–Crippen LogP) is 1.88. The van der Waals surface area contributed by atoms with Gasteiger partial charge in [-0.3, -0.25) is 0 Å². The van der Waals surface area contributed by atoms with Crippen LogP contribution >= 0.6 is 11.8 Å². The Kier molecular flexibility index (Phi) is 7.81. The molecule has 0 aliphatic carbocycles. The molecule has 0 heterocycles. The fourth-order valence-electron chi connectivity index (χ4n) is 1.05. The Balaban J connectivity index is 3.39. The molecule has 0 aliphatic rings. The van der Waals surface area contributed by atoms with Gasteiger partial charge in [-0.2, -0.15) is 11.8 Å². The zero-order valence-corrected chi connectivity index (χ0v) is 9.91. The molecule has 3 heteroatoms. The first-order chi connectivity index (χ1) is 6.18. The average Bonchev–Trinajstić information content (AvgIpc) is 2.17. The molecule has 13 heavy (non-hydrogen) atoms. The summed E-state index contributed by atoms with van der Waals surface area (Å²) in [7, 11) is 0. The number of hydrogen-bond donors (Lipinski definition) is 2. The molecular weight excluding hydrogens is 182 g/mol. The summed E-state index contributed by atoms with van der Waals surface area (Å²) in [6.07, 6.45) is 5.58. The molecule has 0 radical (unpaired) electrons. The Labute approximate surface area is 86.5 Å². The van der Waals surface area contributed by atoms with Crippen molar-refractivity contribution < 1.29 is 5.11 Å². The van der Waals surface area contributed by atoms with Gasteiger partial charge in [0.1, 0.15) is 0 Å². The topological polar surface area (TPSA) is 32.3 Å². The first-order valence-corrected chi connectivity index (χ1v) is 6.42. The largest absolute Gasteiger partial charge is 0.394 e. The van der Waals surface area contributed by atoms with Crippen molar-refractivity contribution in [3.8, 4) is 0 Å². The molecule has 0 aromatic heterocycles. The standard InChI is InChI=1S/C10H23NOS/c1-4-10(2,9-12)11-7-5-6-8-13-3/h11-12H,4-9H2,1-3H3. The highest BCUT2D eigenvalue weighted by molar-refractivity contribution is 7.98. The molecule has 0 spiro atoms. The van der Waals surface area contributed by atoms with Crippen LogP contribution in [-0.2, 0) is 0 Å². The van der Waals surface area contributed by atoms with Gasteiger partial charge in [0.05, 0.1) is 6.61 Å². The van der Waals surface area contributed by atoms with Crippen LogP contribution in [0.1, 0.15) is 33.1 Å². The molecule has 0 fully saturated rings. The van der Waals surface area contributed by atoms with Crippen LogP contribution in [0.2, 0.25) is 0 Å². The molecular formula is C10H23NOS. The van der Waals surface area contributed by atoms with Crippen molar-refractivity contribution in [3.63, 3.8) is 0 Å². The maximum absolute atomic E-state index is 9.12. The lowest BCUT2D eigenvalue weighted by Crippen LogP contribution is -2.45. The van der Waals surface area contributed by atoms with Crippen molar-refractivity contribution in [1.29, 1.82) is 0 Å². The van der Waals surface area contributed by atoms with Gasteiger partial charge in [0.15, 0.2) is 0 Å². The minimum atomic E-state index is -0.0701. The Bertz CT molecular complexity index is 115. The van der Waals surface area contributed by atoms with Gasteiger partial charge in [-0.05, 0) is 44.7 Å². The van der Waals surface area contributed by atoms with Gasteiger partial charge in [0.2, 0.25) is 0 Å². The van der Waals surface area contributed by atoms with Crippen LogP contribution < -0.4 is 5.32 Å². The van der Waals surface area contributed by atoms with Gasteiger partial charge in [-0.25, -0.2) is 0 Å². The first-order valence-electron chi connectivity index (χ1n) is 5.03. The van der Waals surface area contributed by atoms with Crippen molar-refractivity contribution >= 4 is 11.8 Å².